The molecular weight excluding hydrogens is 448 g/mol. The molecule has 8 nitrogen and oxygen atoms in total. The van der Waals surface area contributed by atoms with Crippen LogP contribution in [0.5, 0.6) is 5.75 Å². The van der Waals surface area contributed by atoms with Crippen LogP contribution in [0.15, 0.2) is 30.0 Å². The summed E-state index contributed by atoms with van der Waals surface area (Å²) in [4.78, 5) is 25.2. The summed E-state index contributed by atoms with van der Waals surface area (Å²) in [7, 11) is 0. The van der Waals surface area contributed by atoms with Crippen molar-refractivity contribution in [1.82, 2.24) is 4.90 Å². The number of aliphatic hydroxyl groups excluding tert-OH is 1. The van der Waals surface area contributed by atoms with Gasteiger partial charge in [-0.1, -0.05) is 64.7 Å². The molecule has 194 valence electrons. The molecule has 0 aliphatic carbocycles. The molecular formula is C27H40N2O6. The SMILES string of the molecule is CCCCCCCCCCCCOC1=CC(=O)N(C2c3cc([N+](=O)[O-])ccc3OC(C)(C)C2O)C1. The minimum Gasteiger partial charge on any atom is -0.496 e. The van der Waals surface area contributed by atoms with Gasteiger partial charge in [0.15, 0.2) is 0 Å². The second-order valence-corrected chi connectivity index (χ2v) is 10.2. The molecule has 1 aromatic rings. The number of nitro groups is 1. The van der Waals surface area contributed by atoms with Crippen molar-refractivity contribution < 1.29 is 24.3 Å². The summed E-state index contributed by atoms with van der Waals surface area (Å²) in [5.74, 6) is 0.722. The van der Waals surface area contributed by atoms with Crippen LogP contribution < -0.4 is 4.74 Å². The second kappa shape index (κ2) is 12.4. The van der Waals surface area contributed by atoms with Gasteiger partial charge in [0, 0.05) is 23.8 Å². The van der Waals surface area contributed by atoms with Crippen molar-refractivity contribution in [2.75, 3.05) is 13.2 Å². The van der Waals surface area contributed by atoms with Gasteiger partial charge in [-0.05, 0) is 26.3 Å². The Morgan fingerprint density at radius 3 is 2.37 bits per heavy atom. The van der Waals surface area contributed by atoms with E-state index in [4.69, 9.17) is 9.47 Å². The number of hydrogen-bond donors (Lipinski definition) is 1. The molecule has 3 rings (SSSR count). The lowest BCUT2D eigenvalue weighted by Gasteiger charge is -2.45. The molecule has 2 atom stereocenters. The van der Waals surface area contributed by atoms with Crippen LogP contribution in [-0.2, 0) is 9.53 Å². The maximum Gasteiger partial charge on any atom is 0.270 e. The van der Waals surface area contributed by atoms with Crippen molar-refractivity contribution in [2.24, 2.45) is 0 Å². The van der Waals surface area contributed by atoms with Crippen molar-refractivity contribution in [2.45, 2.75) is 103 Å². The molecule has 2 unspecified atom stereocenters. The van der Waals surface area contributed by atoms with Crippen LogP contribution in [-0.4, -0.2) is 45.7 Å². The predicted molar refractivity (Wildman–Crippen MR) is 134 cm³/mol. The number of unbranched alkanes of at least 4 members (excludes halogenated alkanes) is 9. The molecule has 1 amide bonds. The van der Waals surface area contributed by atoms with Crippen LogP contribution in [0.1, 0.15) is 96.6 Å². The lowest BCUT2D eigenvalue weighted by atomic mass is 9.85. The maximum absolute atomic E-state index is 12.9. The molecule has 0 bridgehead atoms. The molecule has 0 saturated carbocycles. The Morgan fingerprint density at radius 2 is 1.74 bits per heavy atom. The first-order valence-corrected chi connectivity index (χ1v) is 13.0. The third-order valence-corrected chi connectivity index (χ3v) is 6.92. The number of benzene rings is 1. The fourth-order valence-electron chi connectivity index (χ4n) is 4.83. The molecule has 1 aromatic carbocycles. The highest BCUT2D eigenvalue weighted by Gasteiger charge is 2.48. The number of aliphatic hydroxyl groups is 1. The number of fused-ring (bicyclic) bond motifs is 1. The summed E-state index contributed by atoms with van der Waals surface area (Å²) in [6.45, 7) is 6.49. The van der Waals surface area contributed by atoms with Crippen LogP contribution in [0.25, 0.3) is 0 Å². The third kappa shape index (κ3) is 6.97. The fraction of sp³-hybridized carbons (Fsp3) is 0.667. The van der Waals surface area contributed by atoms with E-state index in [0.717, 1.165) is 12.8 Å². The Morgan fingerprint density at radius 1 is 1.11 bits per heavy atom. The number of ether oxygens (including phenoxy) is 2. The quantitative estimate of drug-likeness (QED) is 0.201. The highest BCUT2D eigenvalue weighted by atomic mass is 16.6. The number of non-ortho nitro benzene ring substituents is 1. The Hall–Kier alpha value is -2.61. The molecule has 2 aliphatic heterocycles. The Labute approximate surface area is 208 Å². The molecule has 0 radical (unpaired) electrons. The van der Waals surface area contributed by atoms with Crippen molar-refractivity contribution in [1.29, 1.82) is 0 Å². The van der Waals surface area contributed by atoms with Crippen molar-refractivity contribution >= 4 is 11.6 Å². The van der Waals surface area contributed by atoms with Crippen molar-refractivity contribution in [3.05, 3.63) is 45.7 Å². The predicted octanol–water partition coefficient (Wildman–Crippen LogP) is 5.83. The van der Waals surface area contributed by atoms with Crippen molar-refractivity contribution in [3.8, 4) is 5.75 Å². The van der Waals surface area contributed by atoms with E-state index in [-0.39, 0.29) is 18.1 Å². The first kappa shape index (κ1) is 27.0. The summed E-state index contributed by atoms with van der Waals surface area (Å²) in [6, 6.07) is 3.52. The minimum absolute atomic E-state index is 0.110. The zero-order chi connectivity index (χ0) is 25.4. The highest BCUT2D eigenvalue weighted by molar-refractivity contribution is 5.91. The average molecular weight is 489 g/mol. The van der Waals surface area contributed by atoms with Crippen LogP contribution >= 0.6 is 0 Å². The molecule has 35 heavy (non-hydrogen) atoms. The van der Waals surface area contributed by atoms with E-state index in [1.54, 1.807) is 13.8 Å². The number of amides is 1. The Bertz CT molecular complexity index is 913. The Kier molecular flexibility index (Phi) is 9.55. The molecule has 1 N–H and O–H groups in total. The first-order valence-electron chi connectivity index (χ1n) is 13.0. The van der Waals surface area contributed by atoms with E-state index < -0.39 is 22.7 Å². The number of carbonyl (C=O) groups excluding carboxylic acids is 1. The standard InChI is InChI=1S/C27H40N2O6/c1-4-5-6-7-8-9-10-11-12-13-16-34-21-18-24(30)28(19-21)25-22-17-20(29(32)33)14-15-23(22)35-27(2,3)26(25)31/h14-15,17-18,25-26,31H,4-13,16,19H2,1-3H3. The first-order chi connectivity index (χ1) is 16.7. The number of carbonyl (C=O) groups is 1. The summed E-state index contributed by atoms with van der Waals surface area (Å²) in [5, 5.41) is 22.4. The molecule has 0 fully saturated rings. The van der Waals surface area contributed by atoms with Crippen LogP contribution in [0.3, 0.4) is 0 Å². The Balaban J connectivity index is 1.50. The van der Waals surface area contributed by atoms with Crippen LogP contribution in [0, 0.1) is 10.1 Å². The van der Waals surface area contributed by atoms with E-state index in [1.807, 2.05) is 0 Å². The average Bonchev–Trinajstić information content (AvgIpc) is 3.17. The van der Waals surface area contributed by atoms with E-state index in [2.05, 4.69) is 6.92 Å². The second-order valence-electron chi connectivity index (χ2n) is 10.2. The van der Waals surface area contributed by atoms with Gasteiger partial charge in [0.2, 0.25) is 0 Å². The number of nitrogens with zero attached hydrogens (tertiary/aromatic N) is 2. The largest absolute Gasteiger partial charge is 0.496 e. The van der Waals surface area contributed by atoms with Gasteiger partial charge in [0.05, 0.1) is 24.1 Å². The van der Waals surface area contributed by atoms with Gasteiger partial charge < -0.3 is 19.5 Å². The number of hydrogen-bond acceptors (Lipinski definition) is 6. The van der Waals surface area contributed by atoms with Gasteiger partial charge in [0.25, 0.3) is 11.6 Å². The summed E-state index contributed by atoms with van der Waals surface area (Å²) in [5.41, 5.74) is -0.641. The number of rotatable bonds is 14. The number of nitro benzene ring substituents is 1. The van der Waals surface area contributed by atoms with Gasteiger partial charge in [-0.2, -0.15) is 0 Å². The van der Waals surface area contributed by atoms with Crippen LogP contribution in [0.4, 0.5) is 5.69 Å². The normalized spacial score (nSPS) is 20.9. The zero-order valence-electron chi connectivity index (χ0n) is 21.3. The monoisotopic (exact) mass is 488 g/mol. The summed E-state index contributed by atoms with van der Waals surface area (Å²) < 4.78 is 11.8. The molecule has 2 aliphatic rings. The summed E-state index contributed by atoms with van der Waals surface area (Å²) in [6.07, 6.45) is 12.8. The van der Waals surface area contributed by atoms with E-state index in [9.17, 15) is 20.0 Å². The van der Waals surface area contributed by atoms with E-state index >= 15 is 0 Å². The molecule has 0 spiro atoms. The van der Waals surface area contributed by atoms with Gasteiger partial charge >= 0.3 is 0 Å². The lowest BCUT2D eigenvalue weighted by Crippen LogP contribution is -2.54. The minimum atomic E-state index is -1.06. The lowest BCUT2D eigenvalue weighted by molar-refractivity contribution is -0.385. The molecule has 8 heteroatoms. The van der Waals surface area contributed by atoms with E-state index in [1.165, 1.54) is 80.5 Å². The molecule has 0 saturated heterocycles. The maximum atomic E-state index is 12.9. The molecule has 0 aromatic heterocycles. The zero-order valence-corrected chi connectivity index (χ0v) is 21.3. The van der Waals surface area contributed by atoms with E-state index in [0.29, 0.717) is 23.7 Å². The van der Waals surface area contributed by atoms with Crippen LogP contribution in [0.2, 0.25) is 0 Å². The smallest absolute Gasteiger partial charge is 0.270 e. The third-order valence-electron chi connectivity index (χ3n) is 6.92. The van der Waals surface area contributed by atoms with Crippen molar-refractivity contribution in [3.63, 3.8) is 0 Å². The van der Waals surface area contributed by atoms with Gasteiger partial charge in [-0.15, -0.1) is 0 Å². The summed E-state index contributed by atoms with van der Waals surface area (Å²) >= 11 is 0. The highest BCUT2D eigenvalue weighted by Crippen LogP contribution is 2.45. The van der Waals surface area contributed by atoms with Gasteiger partial charge in [-0.25, -0.2) is 0 Å². The van der Waals surface area contributed by atoms with Gasteiger partial charge in [0.1, 0.15) is 23.2 Å². The fourth-order valence-corrected chi connectivity index (χ4v) is 4.83. The van der Waals surface area contributed by atoms with Gasteiger partial charge in [-0.3, -0.25) is 14.9 Å². The topological polar surface area (TPSA) is 102 Å². The molecule has 2 heterocycles.